The van der Waals surface area contributed by atoms with Crippen molar-refractivity contribution >= 4 is 10.9 Å². The Hall–Kier alpha value is -1.41. The van der Waals surface area contributed by atoms with Crippen LogP contribution in [0.4, 0.5) is 0 Å². The summed E-state index contributed by atoms with van der Waals surface area (Å²) in [4.78, 5) is 4.53. The third kappa shape index (κ3) is 2.57. The molecule has 1 N–H and O–H groups in total. The van der Waals surface area contributed by atoms with Crippen molar-refractivity contribution in [2.45, 2.75) is 38.6 Å². The van der Waals surface area contributed by atoms with E-state index in [9.17, 15) is 0 Å². The van der Waals surface area contributed by atoms with Crippen molar-refractivity contribution in [3.8, 4) is 0 Å². The molecule has 2 aliphatic rings. The highest BCUT2D eigenvalue weighted by Gasteiger charge is 2.47. The number of aromatic nitrogens is 1. The molecular formula is C19H24N2. The fraction of sp³-hybridized carbons (Fsp3) is 0.526. The fourth-order valence-electron chi connectivity index (χ4n) is 4.17. The van der Waals surface area contributed by atoms with E-state index >= 15 is 0 Å². The molecule has 1 aromatic heterocycles. The fourth-order valence-corrected chi connectivity index (χ4v) is 4.17. The highest BCUT2D eigenvalue weighted by Crippen LogP contribution is 2.57. The summed E-state index contributed by atoms with van der Waals surface area (Å²) in [6.07, 6.45) is 7.43. The average Bonchev–Trinajstić information content (AvgIpc) is 3.14. The van der Waals surface area contributed by atoms with E-state index in [1.54, 1.807) is 0 Å². The van der Waals surface area contributed by atoms with Crippen LogP contribution >= 0.6 is 0 Å². The van der Waals surface area contributed by atoms with E-state index in [-0.39, 0.29) is 0 Å². The lowest BCUT2D eigenvalue weighted by Gasteiger charge is -2.26. The van der Waals surface area contributed by atoms with Crippen LogP contribution in [0.25, 0.3) is 10.9 Å². The van der Waals surface area contributed by atoms with Crippen LogP contribution in [0, 0.1) is 17.8 Å². The minimum Gasteiger partial charge on any atom is -0.310 e. The number of hydrogen-bond donors (Lipinski definition) is 1. The maximum absolute atomic E-state index is 4.53. The number of nitrogens with one attached hydrogen (secondary N) is 1. The Morgan fingerprint density at radius 1 is 1.19 bits per heavy atom. The van der Waals surface area contributed by atoms with Crippen molar-refractivity contribution in [1.82, 2.24) is 10.3 Å². The standard InChI is InChI=1S/C19H24N2/c1-2-7-21-19(17-10-15-9-16(15)11-17)14-6-5-13-4-3-8-20-18(13)12-14/h3-6,8,12,15-17,19,21H,2,7,9-11H2,1H3. The van der Waals surface area contributed by atoms with Gasteiger partial charge in [0.05, 0.1) is 5.52 Å². The van der Waals surface area contributed by atoms with Crippen LogP contribution in [0.5, 0.6) is 0 Å². The monoisotopic (exact) mass is 280 g/mol. The van der Waals surface area contributed by atoms with Crippen molar-refractivity contribution in [3.63, 3.8) is 0 Å². The molecule has 2 aromatic rings. The molecule has 2 aliphatic carbocycles. The van der Waals surface area contributed by atoms with Gasteiger partial charge in [-0.05, 0) is 67.7 Å². The molecule has 21 heavy (non-hydrogen) atoms. The Morgan fingerprint density at radius 2 is 2.05 bits per heavy atom. The lowest BCUT2D eigenvalue weighted by atomic mass is 9.88. The number of hydrogen-bond acceptors (Lipinski definition) is 2. The van der Waals surface area contributed by atoms with Crippen molar-refractivity contribution in [2.75, 3.05) is 6.54 Å². The van der Waals surface area contributed by atoms with Gasteiger partial charge in [-0.2, -0.15) is 0 Å². The third-order valence-electron chi connectivity index (χ3n) is 5.35. The molecule has 3 unspecified atom stereocenters. The molecular weight excluding hydrogens is 256 g/mol. The lowest BCUT2D eigenvalue weighted by Crippen LogP contribution is -2.28. The van der Waals surface area contributed by atoms with Gasteiger partial charge in [0.25, 0.3) is 0 Å². The summed E-state index contributed by atoms with van der Waals surface area (Å²) < 4.78 is 0. The Bertz CT molecular complexity index is 626. The van der Waals surface area contributed by atoms with Crippen LogP contribution < -0.4 is 5.32 Å². The Labute approximate surface area is 127 Å². The van der Waals surface area contributed by atoms with Gasteiger partial charge in [-0.15, -0.1) is 0 Å². The first-order valence-corrected chi connectivity index (χ1v) is 8.43. The predicted octanol–water partition coefficient (Wildman–Crippen LogP) is 4.32. The van der Waals surface area contributed by atoms with Gasteiger partial charge in [0, 0.05) is 17.6 Å². The van der Waals surface area contributed by atoms with Gasteiger partial charge in [0.15, 0.2) is 0 Å². The van der Waals surface area contributed by atoms with Gasteiger partial charge in [-0.25, -0.2) is 0 Å². The van der Waals surface area contributed by atoms with E-state index in [4.69, 9.17) is 0 Å². The minimum atomic E-state index is 0.518. The lowest BCUT2D eigenvalue weighted by molar-refractivity contribution is 0.342. The third-order valence-corrected chi connectivity index (χ3v) is 5.35. The first-order valence-electron chi connectivity index (χ1n) is 8.43. The molecule has 3 atom stereocenters. The van der Waals surface area contributed by atoms with Crippen LogP contribution in [0.15, 0.2) is 36.5 Å². The molecule has 0 bridgehead atoms. The summed E-state index contributed by atoms with van der Waals surface area (Å²) >= 11 is 0. The number of fused-ring (bicyclic) bond motifs is 2. The molecule has 0 aliphatic heterocycles. The van der Waals surface area contributed by atoms with Gasteiger partial charge >= 0.3 is 0 Å². The van der Waals surface area contributed by atoms with E-state index in [0.29, 0.717) is 6.04 Å². The minimum absolute atomic E-state index is 0.518. The van der Waals surface area contributed by atoms with Gasteiger partial charge < -0.3 is 5.32 Å². The number of rotatable bonds is 5. The normalized spacial score (nSPS) is 28.5. The van der Waals surface area contributed by atoms with Crippen molar-refractivity contribution in [2.24, 2.45) is 17.8 Å². The van der Waals surface area contributed by atoms with E-state index in [1.165, 1.54) is 36.6 Å². The Kier molecular flexibility index (Phi) is 3.42. The van der Waals surface area contributed by atoms with E-state index in [2.05, 4.69) is 41.5 Å². The van der Waals surface area contributed by atoms with Crippen molar-refractivity contribution in [3.05, 3.63) is 42.1 Å². The maximum atomic E-state index is 4.53. The van der Waals surface area contributed by atoms with Crippen LogP contribution in [0.3, 0.4) is 0 Å². The van der Waals surface area contributed by atoms with Crippen molar-refractivity contribution in [1.29, 1.82) is 0 Å². The molecule has 1 heterocycles. The summed E-state index contributed by atoms with van der Waals surface area (Å²) in [6.45, 7) is 3.36. The molecule has 0 spiro atoms. The van der Waals surface area contributed by atoms with Crippen LogP contribution in [-0.2, 0) is 0 Å². The predicted molar refractivity (Wildman–Crippen MR) is 87.1 cm³/mol. The number of nitrogens with zero attached hydrogens (tertiary/aromatic N) is 1. The van der Waals surface area contributed by atoms with E-state index in [1.807, 2.05) is 12.3 Å². The highest BCUT2D eigenvalue weighted by molar-refractivity contribution is 5.79. The van der Waals surface area contributed by atoms with E-state index < -0.39 is 0 Å². The maximum Gasteiger partial charge on any atom is 0.0705 e. The average molecular weight is 280 g/mol. The summed E-state index contributed by atoms with van der Waals surface area (Å²) in [7, 11) is 0. The zero-order valence-electron chi connectivity index (χ0n) is 12.8. The summed E-state index contributed by atoms with van der Waals surface area (Å²) in [5, 5.41) is 5.05. The van der Waals surface area contributed by atoms with E-state index in [0.717, 1.165) is 29.8 Å². The largest absolute Gasteiger partial charge is 0.310 e. The Morgan fingerprint density at radius 3 is 2.86 bits per heavy atom. The molecule has 110 valence electrons. The zero-order chi connectivity index (χ0) is 14.2. The molecule has 2 fully saturated rings. The molecule has 2 heteroatoms. The number of benzene rings is 1. The Balaban J connectivity index is 1.63. The molecule has 1 aromatic carbocycles. The van der Waals surface area contributed by atoms with Gasteiger partial charge in [0.2, 0.25) is 0 Å². The van der Waals surface area contributed by atoms with Crippen LogP contribution in [0.1, 0.15) is 44.2 Å². The van der Waals surface area contributed by atoms with Crippen LogP contribution in [0.2, 0.25) is 0 Å². The second kappa shape index (κ2) is 5.42. The second-order valence-electron chi connectivity index (χ2n) is 6.87. The molecule has 0 amide bonds. The second-order valence-corrected chi connectivity index (χ2v) is 6.87. The van der Waals surface area contributed by atoms with Gasteiger partial charge in [-0.3, -0.25) is 4.98 Å². The van der Waals surface area contributed by atoms with Crippen molar-refractivity contribution < 1.29 is 0 Å². The molecule has 2 nitrogen and oxygen atoms in total. The van der Waals surface area contributed by atoms with Gasteiger partial charge in [-0.1, -0.05) is 25.1 Å². The molecule has 0 radical (unpaired) electrons. The SMILES string of the molecule is CCCNC(c1ccc2cccnc2c1)C1CC2CC2C1. The van der Waals surface area contributed by atoms with Crippen LogP contribution in [-0.4, -0.2) is 11.5 Å². The molecule has 4 rings (SSSR count). The zero-order valence-corrected chi connectivity index (χ0v) is 12.8. The summed E-state index contributed by atoms with van der Waals surface area (Å²) in [5.74, 6) is 2.90. The highest BCUT2D eigenvalue weighted by atomic mass is 14.9. The first kappa shape index (κ1) is 13.3. The summed E-state index contributed by atoms with van der Waals surface area (Å²) in [6, 6.07) is 11.5. The topological polar surface area (TPSA) is 24.9 Å². The first-order chi connectivity index (χ1) is 10.3. The number of pyridine rings is 1. The van der Waals surface area contributed by atoms with Gasteiger partial charge in [0.1, 0.15) is 0 Å². The smallest absolute Gasteiger partial charge is 0.0705 e. The molecule has 2 saturated carbocycles. The quantitative estimate of drug-likeness (QED) is 0.882. The molecule has 0 saturated heterocycles. The summed E-state index contributed by atoms with van der Waals surface area (Å²) in [5.41, 5.74) is 2.56.